The van der Waals surface area contributed by atoms with Crippen LogP contribution in [0, 0.1) is 40.4 Å². The average molecular weight is 409 g/mol. The second-order valence-electron chi connectivity index (χ2n) is 9.71. The van der Waals surface area contributed by atoms with E-state index < -0.39 is 11.5 Å². The summed E-state index contributed by atoms with van der Waals surface area (Å²) < 4.78 is 0. The maximum Gasteiger partial charge on any atom is 0.407 e. The van der Waals surface area contributed by atoms with Crippen molar-refractivity contribution in [3.05, 3.63) is 23.9 Å². The van der Waals surface area contributed by atoms with Gasteiger partial charge in [0.1, 0.15) is 11.9 Å². The van der Waals surface area contributed by atoms with Gasteiger partial charge in [-0.25, -0.2) is 9.78 Å². The van der Waals surface area contributed by atoms with Crippen molar-refractivity contribution >= 4 is 17.8 Å². The summed E-state index contributed by atoms with van der Waals surface area (Å²) in [6, 6.07) is 5.31. The molecule has 5 unspecified atom stereocenters. The zero-order chi connectivity index (χ0) is 21.0. The van der Waals surface area contributed by atoms with E-state index in [1.54, 1.807) is 23.2 Å². The topological polar surface area (TPSA) is 132 Å². The van der Waals surface area contributed by atoms with Crippen molar-refractivity contribution in [3.63, 3.8) is 0 Å². The summed E-state index contributed by atoms with van der Waals surface area (Å²) in [5, 5.41) is 22.7. The van der Waals surface area contributed by atoms with Crippen LogP contribution in [-0.2, 0) is 4.79 Å². The van der Waals surface area contributed by atoms with Gasteiger partial charge < -0.3 is 21.1 Å². The molecule has 1 saturated heterocycles. The predicted octanol–water partition coefficient (Wildman–Crippen LogP) is 2.41. The molecular formula is C22H27N5O3. The lowest BCUT2D eigenvalue weighted by molar-refractivity contribution is -0.154. The standard InChI is InChI=1S/C22H27N5O3/c23-11-13-2-1-4-25-19(13)26-16-3-5-27(21(29)30)18(16)17-14-6-12-7-15(17)10-22(8-12,9-14)20(24)28/h1-2,4,12,14-18H,3,5-10H2,(H2,24,28)(H,25,26)(H,29,30)/t12?,14-,15+,16?,17?,18?,22?. The molecule has 7 atom stereocenters. The molecule has 4 saturated carbocycles. The van der Waals surface area contributed by atoms with E-state index in [0.717, 1.165) is 32.1 Å². The Hall–Kier alpha value is -2.82. The SMILES string of the molecule is N#Cc1cccnc1NC1CCN(C(=O)O)C1C1[C@@H]2CC3C[C@H]1CC(C(N)=O)(C3)C2. The first kappa shape index (κ1) is 19.2. The number of likely N-dealkylation sites (tertiary alicyclic amines) is 1. The maximum atomic E-state index is 12.3. The lowest BCUT2D eigenvalue weighted by Crippen LogP contribution is -2.61. The van der Waals surface area contributed by atoms with Gasteiger partial charge in [-0.15, -0.1) is 0 Å². The lowest BCUT2D eigenvalue weighted by atomic mass is 9.44. The van der Waals surface area contributed by atoms with Crippen molar-refractivity contribution in [2.75, 3.05) is 11.9 Å². The summed E-state index contributed by atoms with van der Waals surface area (Å²) >= 11 is 0. The van der Waals surface area contributed by atoms with Crippen molar-refractivity contribution in [2.45, 2.75) is 50.6 Å². The highest BCUT2D eigenvalue weighted by atomic mass is 16.4. The number of aromatic nitrogens is 1. The molecule has 8 nitrogen and oxygen atoms in total. The van der Waals surface area contributed by atoms with Crippen molar-refractivity contribution in [1.29, 1.82) is 5.26 Å². The van der Waals surface area contributed by atoms with Crippen LogP contribution in [0.4, 0.5) is 10.6 Å². The number of carboxylic acid groups (broad SMARTS) is 1. The first-order valence-corrected chi connectivity index (χ1v) is 10.8. The highest BCUT2D eigenvalue weighted by Gasteiger charge is 2.61. The van der Waals surface area contributed by atoms with Crippen molar-refractivity contribution in [2.24, 2.45) is 34.8 Å². The molecule has 4 bridgehead atoms. The Labute approximate surface area is 175 Å². The minimum Gasteiger partial charge on any atom is -0.465 e. The number of carbonyl (C=O) groups excluding carboxylic acids is 1. The van der Waals surface area contributed by atoms with Gasteiger partial charge in [-0.1, -0.05) is 0 Å². The molecule has 1 aromatic rings. The van der Waals surface area contributed by atoms with Crippen LogP contribution in [0.5, 0.6) is 0 Å². The fourth-order valence-corrected chi connectivity index (χ4v) is 7.38. The third-order valence-electron chi connectivity index (χ3n) is 8.21. The summed E-state index contributed by atoms with van der Waals surface area (Å²) in [5.41, 5.74) is 5.90. The molecular weight excluding hydrogens is 382 g/mol. The molecule has 0 spiro atoms. The van der Waals surface area contributed by atoms with Gasteiger partial charge in [0.25, 0.3) is 0 Å². The molecule has 2 amide bonds. The normalized spacial score (nSPS) is 39.0. The molecule has 5 fully saturated rings. The van der Waals surface area contributed by atoms with Gasteiger partial charge in [-0.2, -0.15) is 5.26 Å². The van der Waals surface area contributed by atoms with Crippen LogP contribution in [-0.4, -0.2) is 45.6 Å². The summed E-state index contributed by atoms with van der Waals surface area (Å²) in [7, 11) is 0. The third-order valence-corrected chi connectivity index (χ3v) is 8.21. The van der Waals surface area contributed by atoms with Crippen LogP contribution in [0.15, 0.2) is 18.3 Å². The monoisotopic (exact) mass is 409 g/mol. The van der Waals surface area contributed by atoms with E-state index in [4.69, 9.17) is 5.73 Å². The van der Waals surface area contributed by atoms with Gasteiger partial charge >= 0.3 is 6.09 Å². The number of nitrogens with two attached hydrogens (primary N) is 1. The molecule has 5 aliphatic rings. The molecule has 1 aliphatic heterocycles. The lowest BCUT2D eigenvalue weighted by Gasteiger charge is -2.61. The average Bonchev–Trinajstić information content (AvgIpc) is 3.11. The van der Waals surface area contributed by atoms with Crippen LogP contribution < -0.4 is 11.1 Å². The number of hydrogen-bond donors (Lipinski definition) is 3. The third kappa shape index (κ3) is 2.83. The number of nitriles is 1. The van der Waals surface area contributed by atoms with E-state index in [1.807, 2.05) is 0 Å². The first-order valence-electron chi connectivity index (χ1n) is 10.8. The minimum absolute atomic E-state index is 0.102. The molecule has 30 heavy (non-hydrogen) atoms. The van der Waals surface area contributed by atoms with Crippen LogP contribution >= 0.6 is 0 Å². The number of nitrogens with zero attached hydrogens (tertiary/aromatic N) is 3. The van der Waals surface area contributed by atoms with Gasteiger partial charge in [-0.05, 0) is 74.3 Å². The number of hydrogen-bond acceptors (Lipinski definition) is 5. The van der Waals surface area contributed by atoms with Crippen molar-refractivity contribution in [1.82, 2.24) is 9.88 Å². The molecule has 4 aliphatic carbocycles. The summed E-state index contributed by atoms with van der Waals surface area (Å²) in [4.78, 5) is 30.3. The second-order valence-corrected chi connectivity index (χ2v) is 9.71. The Kier molecular flexibility index (Phi) is 4.38. The summed E-state index contributed by atoms with van der Waals surface area (Å²) in [6.07, 6.45) is 5.99. The minimum atomic E-state index is -0.899. The van der Waals surface area contributed by atoms with Crippen molar-refractivity contribution in [3.8, 4) is 6.07 Å². The Bertz CT molecular complexity index is 912. The van der Waals surface area contributed by atoms with Crippen LogP contribution in [0.1, 0.15) is 44.1 Å². The van der Waals surface area contributed by atoms with E-state index in [-0.39, 0.29) is 23.9 Å². The molecule has 0 radical (unpaired) electrons. The zero-order valence-electron chi connectivity index (χ0n) is 16.8. The number of amides is 2. The van der Waals surface area contributed by atoms with E-state index in [1.165, 1.54) is 0 Å². The number of nitrogens with one attached hydrogen (secondary N) is 1. The first-order chi connectivity index (χ1) is 14.4. The highest BCUT2D eigenvalue weighted by Crippen LogP contribution is 2.63. The van der Waals surface area contributed by atoms with Crippen LogP contribution in [0.3, 0.4) is 0 Å². The van der Waals surface area contributed by atoms with Gasteiger partial charge in [-0.3, -0.25) is 4.79 Å². The number of carbonyl (C=O) groups is 2. The Morgan fingerprint density at radius 1 is 1.30 bits per heavy atom. The molecule has 1 aromatic heterocycles. The van der Waals surface area contributed by atoms with Crippen LogP contribution in [0.2, 0.25) is 0 Å². The smallest absolute Gasteiger partial charge is 0.407 e. The number of anilines is 1. The molecule has 6 rings (SSSR count). The van der Waals surface area contributed by atoms with E-state index in [2.05, 4.69) is 16.4 Å². The number of pyridine rings is 1. The Balaban J connectivity index is 1.46. The zero-order valence-corrected chi connectivity index (χ0v) is 16.8. The Morgan fingerprint density at radius 3 is 2.67 bits per heavy atom. The largest absolute Gasteiger partial charge is 0.465 e. The maximum absolute atomic E-state index is 12.3. The molecule has 158 valence electrons. The number of primary amides is 1. The molecule has 0 aromatic carbocycles. The van der Waals surface area contributed by atoms with E-state index >= 15 is 0 Å². The van der Waals surface area contributed by atoms with Gasteiger partial charge in [0.2, 0.25) is 5.91 Å². The predicted molar refractivity (Wildman–Crippen MR) is 108 cm³/mol. The molecule has 2 heterocycles. The fourth-order valence-electron chi connectivity index (χ4n) is 7.38. The van der Waals surface area contributed by atoms with Crippen molar-refractivity contribution < 1.29 is 14.7 Å². The quantitative estimate of drug-likeness (QED) is 0.699. The summed E-state index contributed by atoms with van der Waals surface area (Å²) in [5.74, 6) is 1.70. The highest BCUT2D eigenvalue weighted by molar-refractivity contribution is 5.81. The Morgan fingerprint density at radius 2 is 2.03 bits per heavy atom. The summed E-state index contributed by atoms with van der Waals surface area (Å²) in [6.45, 7) is 0.465. The van der Waals surface area contributed by atoms with Gasteiger partial charge in [0, 0.05) is 18.2 Å². The van der Waals surface area contributed by atoms with Crippen LogP contribution in [0.25, 0.3) is 0 Å². The molecule has 8 heteroatoms. The molecule has 4 N–H and O–H groups in total. The van der Waals surface area contributed by atoms with Gasteiger partial charge in [0.15, 0.2) is 0 Å². The second kappa shape index (κ2) is 6.86. The van der Waals surface area contributed by atoms with Gasteiger partial charge in [0.05, 0.1) is 17.6 Å². The fraction of sp³-hybridized carbons (Fsp3) is 0.636. The van der Waals surface area contributed by atoms with E-state index in [9.17, 15) is 20.0 Å². The number of rotatable bonds is 4. The van der Waals surface area contributed by atoms with E-state index in [0.29, 0.717) is 42.1 Å².